The fraction of sp³-hybridized carbons (Fsp3) is 0.917. The van der Waals surface area contributed by atoms with Crippen LogP contribution in [0.5, 0.6) is 0 Å². The Kier molecular flexibility index (Phi) is 6.60. The molecule has 0 aromatic heterocycles. The van der Waals surface area contributed by atoms with Crippen molar-refractivity contribution in [3.8, 4) is 0 Å². The Morgan fingerprint density at radius 3 is 2.31 bits per heavy atom. The summed E-state index contributed by atoms with van der Waals surface area (Å²) in [6.45, 7) is 6.30. The van der Waals surface area contributed by atoms with Crippen LogP contribution in [0.1, 0.15) is 33.6 Å². The molecule has 4 heteroatoms. The van der Waals surface area contributed by atoms with Crippen molar-refractivity contribution in [3.63, 3.8) is 0 Å². The molecule has 0 amide bonds. The second kappa shape index (κ2) is 6.86. The summed E-state index contributed by atoms with van der Waals surface area (Å²) in [5.41, 5.74) is -0.221. The highest BCUT2D eigenvalue weighted by molar-refractivity contribution is 5.70. The average molecular weight is 231 g/mol. The molecule has 0 N–H and O–H groups in total. The van der Waals surface area contributed by atoms with Gasteiger partial charge in [0.15, 0.2) is 0 Å². The van der Waals surface area contributed by atoms with E-state index in [-0.39, 0.29) is 17.6 Å². The molecule has 1 unspecified atom stereocenters. The molecule has 0 fully saturated rings. The molecule has 96 valence electrons. The topological polar surface area (TPSA) is 38.8 Å². The van der Waals surface area contributed by atoms with Crippen molar-refractivity contribution in [2.24, 2.45) is 0 Å². The van der Waals surface area contributed by atoms with Gasteiger partial charge in [-0.15, -0.1) is 0 Å². The molecule has 0 radical (unpaired) electrons. The summed E-state index contributed by atoms with van der Waals surface area (Å²) in [6.07, 6.45) is 1.21. The Morgan fingerprint density at radius 2 is 1.94 bits per heavy atom. The summed E-state index contributed by atoms with van der Waals surface area (Å²) in [6, 6.07) is 0.147. The van der Waals surface area contributed by atoms with Gasteiger partial charge in [0.05, 0.1) is 18.6 Å². The van der Waals surface area contributed by atoms with Gasteiger partial charge in [-0.2, -0.15) is 0 Å². The molecule has 0 heterocycles. The first-order valence-electron chi connectivity index (χ1n) is 5.69. The highest BCUT2D eigenvalue weighted by atomic mass is 16.5. The van der Waals surface area contributed by atoms with Crippen molar-refractivity contribution in [2.75, 3.05) is 27.8 Å². The average Bonchev–Trinajstić information content (AvgIpc) is 2.16. The highest BCUT2D eigenvalue weighted by Gasteiger charge is 2.26. The van der Waals surface area contributed by atoms with Crippen molar-refractivity contribution >= 4 is 5.97 Å². The Balaban J connectivity index is 4.34. The molecular formula is C12H25NO3. The summed E-state index contributed by atoms with van der Waals surface area (Å²) >= 11 is 0. The lowest BCUT2D eigenvalue weighted by molar-refractivity contribution is -0.144. The Labute approximate surface area is 98.9 Å². The quantitative estimate of drug-likeness (QED) is 0.625. The normalized spacial score (nSPS) is 13.9. The molecule has 0 rings (SSSR count). The van der Waals surface area contributed by atoms with E-state index in [1.807, 2.05) is 39.8 Å². The summed E-state index contributed by atoms with van der Waals surface area (Å²) in [5.74, 6) is -0.145. The van der Waals surface area contributed by atoms with E-state index in [4.69, 9.17) is 9.47 Å². The van der Waals surface area contributed by atoms with Gasteiger partial charge in [-0.05, 0) is 41.3 Å². The molecule has 0 saturated heterocycles. The van der Waals surface area contributed by atoms with Crippen molar-refractivity contribution in [1.29, 1.82) is 0 Å². The number of carbonyl (C=O) groups excluding carboxylic acids is 1. The summed E-state index contributed by atoms with van der Waals surface area (Å²) in [7, 11) is 5.63. The summed E-state index contributed by atoms with van der Waals surface area (Å²) < 4.78 is 10.3. The van der Waals surface area contributed by atoms with E-state index >= 15 is 0 Å². The summed E-state index contributed by atoms with van der Waals surface area (Å²) in [4.78, 5) is 13.5. The fourth-order valence-electron chi connectivity index (χ4n) is 1.50. The van der Waals surface area contributed by atoms with Crippen LogP contribution in [-0.2, 0) is 14.3 Å². The Bertz CT molecular complexity index is 214. The smallest absolute Gasteiger partial charge is 0.307 e. The molecule has 0 aliphatic rings. The molecular weight excluding hydrogens is 206 g/mol. The number of ether oxygens (including phenoxy) is 2. The van der Waals surface area contributed by atoms with E-state index < -0.39 is 0 Å². The van der Waals surface area contributed by atoms with Gasteiger partial charge in [0.1, 0.15) is 0 Å². The monoisotopic (exact) mass is 231 g/mol. The minimum absolute atomic E-state index is 0.145. The van der Waals surface area contributed by atoms with E-state index in [1.54, 1.807) is 7.11 Å². The van der Waals surface area contributed by atoms with Gasteiger partial charge in [0, 0.05) is 13.2 Å². The SMILES string of the molecule is CCOC(=O)CC(CC(C)(C)OC)N(C)C. The minimum Gasteiger partial charge on any atom is -0.466 e. The summed E-state index contributed by atoms with van der Waals surface area (Å²) in [5, 5.41) is 0. The first-order valence-corrected chi connectivity index (χ1v) is 5.69. The predicted molar refractivity (Wildman–Crippen MR) is 64.4 cm³/mol. The van der Waals surface area contributed by atoms with Crippen LogP contribution in [0.3, 0.4) is 0 Å². The number of hydrogen-bond donors (Lipinski definition) is 0. The van der Waals surface area contributed by atoms with Crippen LogP contribution in [0.2, 0.25) is 0 Å². The third kappa shape index (κ3) is 6.08. The molecule has 0 saturated carbocycles. The lowest BCUT2D eigenvalue weighted by Crippen LogP contribution is -2.38. The minimum atomic E-state index is -0.221. The maximum Gasteiger partial charge on any atom is 0.307 e. The first-order chi connectivity index (χ1) is 7.32. The molecule has 1 atom stereocenters. The van der Waals surface area contributed by atoms with Crippen LogP contribution >= 0.6 is 0 Å². The maximum absolute atomic E-state index is 11.4. The van der Waals surface area contributed by atoms with Gasteiger partial charge in [-0.1, -0.05) is 0 Å². The zero-order chi connectivity index (χ0) is 12.8. The third-order valence-corrected chi connectivity index (χ3v) is 2.72. The van der Waals surface area contributed by atoms with Crippen molar-refractivity contribution in [3.05, 3.63) is 0 Å². The lowest BCUT2D eigenvalue weighted by atomic mass is 9.96. The lowest BCUT2D eigenvalue weighted by Gasteiger charge is -2.31. The van der Waals surface area contributed by atoms with Crippen molar-refractivity contribution < 1.29 is 14.3 Å². The van der Waals surface area contributed by atoms with E-state index in [9.17, 15) is 4.79 Å². The van der Waals surface area contributed by atoms with Gasteiger partial charge < -0.3 is 14.4 Å². The van der Waals surface area contributed by atoms with Crippen LogP contribution in [0, 0.1) is 0 Å². The van der Waals surface area contributed by atoms with E-state index in [0.717, 1.165) is 6.42 Å². The Morgan fingerprint density at radius 1 is 1.38 bits per heavy atom. The van der Waals surface area contributed by atoms with Gasteiger partial charge in [0.25, 0.3) is 0 Å². The van der Waals surface area contributed by atoms with Gasteiger partial charge >= 0.3 is 5.97 Å². The first kappa shape index (κ1) is 15.4. The van der Waals surface area contributed by atoms with Crippen LogP contribution < -0.4 is 0 Å². The molecule has 0 aromatic rings. The van der Waals surface area contributed by atoms with Gasteiger partial charge in [-0.3, -0.25) is 4.79 Å². The van der Waals surface area contributed by atoms with E-state index in [0.29, 0.717) is 13.0 Å². The van der Waals surface area contributed by atoms with Crippen molar-refractivity contribution in [1.82, 2.24) is 4.90 Å². The molecule has 0 aliphatic carbocycles. The van der Waals surface area contributed by atoms with Gasteiger partial charge in [-0.25, -0.2) is 0 Å². The number of carbonyl (C=O) groups is 1. The number of nitrogens with zero attached hydrogens (tertiary/aromatic N) is 1. The number of esters is 1. The largest absolute Gasteiger partial charge is 0.466 e. The maximum atomic E-state index is 11.4. The molecule has 0 spiro atoms. The van der Waals surface area contributed by atoms with Crippen LogP contribution in [0.15, 0.2) is 0 Å². The predicted octanol–water partition coefficient (Wildman–Crippen LogP) is 1.68. The molecule has 4 nitrogen and oxygen atoms in total. The number of methoxy groups -OCH3 is 1. The fourth-order valence-corrected chi connectivity index (χ4v) is 1.50. The Hall–Kier alpha value is -0.610. The van der Waals surface area contributed by atoms with E-state index in [1.165, 1.54) is 0 Å². The third-order valence-electron chi connectivity index (χ3n) is 2.72. The molecule has 0 aliphatic heterocycles. The van der Waals surface area contributed by atoms with E-state index in [2.05, 4.69) is 0 Å². The second-order valence-corrected chi connectivity index (χ2v) is 4.79. The second-order valence-electron chi connectivity index (χ2n) is 4.79. The zero-order valence-corrected chi connectivity index (χ0v) is 11.4. The molecule has 0 aromatic carbocycles. The van der Waals surface area contributed by atoms with Crippen LogP contribution in [-0.4, -0.2) is 50.3 Å². The zero-order valence-electron chi connectivity index (χ0n) is 11.4. The number of hydrogen-bond acceptors (Lipinski definition) is 4. The van der Waals surface area contributed by atoms with Crippen molar-refractivity contribution in [2.45, 2.75) is 45.3 Å². The van der Waals surface area contributed by atoms with Crippen LogP contribution in [0.4, 0.5) is 0 Å². The highest BCUT2D eigenvalue weighted by Crippen LogP contribution is 2.20. The van der Waals surface area contributed by atoms with Gasteiger partial charge in [0.2, 0.25) is 0 Å². The molecule has 16 heavy (non-hydrogen) atoms. The molecule has 0 bridgehead atoms. The standard InChI is InChI=1S/C12H25NO3/c1-7-16-11(14)8-10(13(4)5)9-12(2,3)15-6/h10H,7-9H2,1-6H3. The van der Waals surface area contributed by atoms with Crippen LogP contribution in [0.25, 0.3) is 0 Å². The number of rotatable bonds is 7.